The maximum atomic E-state index is 12.7. The van der Waals surface area contributed by atoms with Gasteiger partial charge in [0.05, 0.1) is 19.4 Å². The van der Waals surface area contributed by atoms with Crippen LogP contribution in [0.2, 0.25) is 5.02 Å². The molecule has 1 saturated heterocycles. The Morgan fingerprint density at radius 1 is 1.16 bits per heavy atom. The number of hydrogen-bond acceptors (Lipinski definition) is 5. The molecule has 0 saturated carbocycles. The number of carbonyl (C=O) groups is 2. The normalized spacial score (nSPS) is 14.1. The van der Waals surface area contributed by atoms with Gasteiger partial charge in [-0.1, -0.05) is 35.9 Å². The Morgan fingerprint density at radius 3 is 2.78 bits per heavy atom. The number of nitrogens with one attached hydrogen (secondary N) is 1. The van der Waals surface area contributed by atoms with E-state index in [0.717, 1.165) is 16.5 Å². The third kappa shape index (κ3) is 5.46. The molecule has 32 heavy (non-hydrogen) atoms. The molecule has 1 aliphatic heterocycles. The number of halogens is 1. The fourth-order valence-electron chi connectivity index (χ4n) is 3.48. The van der Waals surface area contributed by atoms with Crippen molar-refractivity contribution in [1.82, 2.24) is 14.9 Å². The second-order valence-corrected chi connectivity index (χ2v) is 7.70. The molecule has 0 unspecified atom stereocenters. The summed E-state index contributed by atoms with van der Waals surface area (Å²) in [5, 5.41) is 5.52. The summed E-state index contributed by atoms with van der Waals surface area (Å²) in [4.78, 5) is 26.5. The van der Waals surface area contributed by atoms with Gasteiger partial charge in [-0.15, -0.1) is 0 Å². The Morgan fingerprint density at radius 2 is 1.97 bits per heavy atom. The first-order valence-electron chi connectivity index (χ1n) is 10.2. The second-order valence-electron chi connectivity index (χ2n) is 7.26. The summed E-state index contributed by atoms with van der Waals surface area (Å²) in [7, 11) is 0. The van der Waals surface area contributed by atoms with Crippen LogP contribution in [0.3, 0.4) is 0 Å². The number of amides is 2. The van der Waals surface area contributed by atoms with Gasteiger partial charge in [-0.3, -0.25) is 9.59 Å². The van der Waals surface area contributed by atoms with E-state index in [1.165, 1.54) is 0 Å². The van der Waals surface area contributed by atoms with Crippen LogP contribution in [0.4, 0.5) is 0 Å². The van der Waals surface area contributed by atoms with Crippen LogP contribution in [-0.2, 0) is 20.9 Å². The predicted molar refractivity (Wildman–Crippen MR) is 122 cm³/mol. The molecule has 0 radical (unpaired) electrons. The van der Waals surface area contributed by atoms with Crippen LogP contribution in [0, 0.1) is 0 Å². The summed E-state index contributed by atoms with van der Waals surface area (Å²) >= 11 is 5.90. The van der Waals surface area contributed by atoms with E-state index in [1.807, 2.05) is 39.9 Å². The SMILES string of the molecule is O=C(COc1cccc(Cl)c1)N/N=C/c1cn(CC(=O)N2CCOCC2)c2ccccc12. The monoisotopic (exact) mass is 454 g/mol. The molecular weight excluding hydrogens is 432 g/mol. The Kier molecular flexibility index (Phi) is 7.03. The smallest absolute Gasteiger partial charge is 0.277 e. The number of carbonyl (C=O) groups excluding carboxylic acids is 2. The minimum absolute atomic E-state index is 0.0454. The van der Waals surface area contributed by atoms with Crippen molar-refractivity contribution in [3.8, 4) is 5.75 Å². The number of rotatable bonds is 7. The van der Waals surface area contributed by atoms with E-state index in [0.29, 0.717) is 37.1 Å². The molecule has 2 amide bonds. The summed E-state index contributed by atoms with van der Waals surface area (Å²) in [6.07, 6.45) is 3.43. The van der Waals surface area contributed by atoms with Crippen LogP contribution in [-0.4, -0.2) is 60.4 Å². The topological polar surface area (TPSA) is 85.2 Å². The van der Waals surface area contributed by atoms with E-state index in [2.05, 4.69) is 10.5 Å². The number of fused-ring (bicyclic) bond motifs is 1. The van der Waals surface area contributed by atoms with Gasteiger partial charge in [-0.05, 0) is 24.3 Å². The van der Waals surface area contributed by atoms with Crippen molar-refractivity contribution >= 4 is 40.5 Å². The number of hydrogen-bond donors (Lipinski definition) is 1. The van der Waals surface area contributed by atoms with Crippen molar-refractivity contribution in [3.63, 3.8) is 0 Å². The quantitative estimate of drug-likeness (QED) is 0.439. The molecule has 0 atom stereocenters. The molecule has 1 N–H and O–H groups in total. The van der Waals surface area contributed by atoms with E-state index in [9.17, 15) is 9.59 Å². The average Bonchev–Trinajstić information content (AvgIpc) is 3.16. The first kappa shape index (κ1) is 21.9. The highest BCUT2D eigenvalue weighted by Gasteiger charge is 2.18. The van der Waals surface area contributed by atoms with Crippen molar-refractivity contribution in [1.29, 1.82) is 0 Å². The Balaban J connectivity index is 1.39. The molecule has 1 aliphatic rings. The van der Waals surface area contributed by atoms with Crippen LogP contribution in [0.1, 0.15) is 5.56 Å². The van der Waals surface area contributed by atoms with Gasteiger partial charge in [-0.25, -0.2) is 5.43 Å². The van der Waals surface area contributed by atoms with Gasteiger partial charge >= 0.3 is 0 Å². The Bertz CT molecular complexity index is 1140. The van der Waals surface area contributed by atoms with Gasteiger partial charge in [0.1, 0.15) is 12.3 Å². The molecule has 8 nitrogen and oxygen atoms in total. The highest BCUT2D eigenvalue weighted by Crippen LogP contribution is 2.20. The zero-order valence-electron chi connectivity index (χ0n) is 17.4. The van der Waals surface area contributed by atoms with Crippen molar-refractivity contribution in [2.75, 3.05) is 32.9 Å². The third-order valence-corrected chi connectivity index (χ3v) is 5.28. The van der Waals surface area contributed by atoms with Crippen LogP contribution >= 0.6 is 11.6 Å². The van der Waals surface area contributed by atoms with Crippen molar-refractivity contribution < 1.29 is 19.1 Å². The van der Waals surface area contributed by atoms with Crippen LogP contribution in [0.15, 0.2) is 59.8 Å². The standard InChI is InChI=1S/C23H23ClN4O4/c24-18-4-3-5-19(12-18)32-16-22(29)26-25-13-17-14-28(21-7-2-1-6-20(17)21)15-23(30)27-8-10-31-11-9-27/h1-7,12-14H,8-11,15-16H2,(H,26,29)/b25-13+. The van der Waals surface area contributed by atoms with Gasteiger partial charge < -0.3 is 18.9 Å². The highest BCUT2D eigenvalue weighted by molar-refractivity contribution is 6.30. The summed E-state index contributed by atoms with van der Waals surface area (Å²) < 4.78 is 12.6. The number of para-hydroxylation sites is 1. The van der Waals surface area contributed by atoms with Crippen LogP contribution in [0.25, 0.3) is 10.9 Å². The van der Waals surface area contributed by atoms with Crippen molar-refractivity contribution in [3.05, 3.63) is 65.3 Å². The minimum atomic E-state index is -0.396. The summed E-state index contributed by atoms with van der Waals surface area (Å²) in [6, 6.07) is 14.6. The van der Waals surface area contributed by atoms with E-state index in [4.69, 9.17) is 21.1 Å². The molecule has 0 aliphatic carbocycles. The lowest BCUT2D eigenvalue weighted by atomic mass is 10.2. The maximum absolute atomic E-state index is 12.7. The van der Waals surface area contributed by atoms with E-state index in [1.54, 1.807) is 30.5 Å². The van der Waals surface area contributed by atoms with Crippen molar-refractivity contribution in [2.45, 2.75) is 6.54 Å². The van der Waals surface area contributed by atoms with Gasteiger partial charge in [0.25, 0.3) is 5.91 Å². The fraction of sp³-hybridized carbons (Fsp3) is 0.261. The van der Waals surface area contributed by atoms with E-state index < -0.39 is 5.91 Å². The lowest BCUT2D eigenvalue weighted by Crippen LogP contribution is -2.42. The first-order chi connectivity index (χ1) is 15.6. The minimum Gasteiger partial charge on any atom is -0.484 e. The van der Waals surface area contributed by atoms with E-state index in [-0.39, 0.29) is 19.1 Å². The van der Waals surface area contributed by atoms with Gasteiger partial charge in [-0.2, -0.15) is 5.10 Å². The molecule has 0 bridgehead atoms. The molecule has 9 heteroatoms. The molecule has 2 heterocycles. The molecule has 3 aromatic rings. The highest BCUT2D eigenvalue weighted by atomic mass is 35.5. The largest absolute Gasteiger partial charge is 0.484 e. The van der Waals surface area contributed by atoms with Gasteiger partial charge in [0, 0.05) is 40.8 Å². The Labute approximate surface area is 190 Å². The van der Waals surface area contributed by atoms with Gasteiger partial charge in [0.15, 0.2) is 6.61 Å². The maximum Gasteiger partial charge on any atom is 0.277 e. The van der Waals surface area contributed by atoms with Gasteiger partial charge in [0.2, 0.25) is 5.91 Å². The summed E-state index contributed by atoms with van der Waals surface area (Å²) in [5.41, 5.74) is 4.18. The number of morpholine rings is 1. The third-order valence-electron chi connectivity index (χ3n) is 5.05. The Hall–Kier alpha value is -3.36. The summed E-state index contributed by atoms with van der Waals surface area (Å²) in [5.74, 6) is 0.154. The molecule has 0 spiro atoms. The molecule has 166 valence electrons. The lowest BCUT2D eigenvalue weighted by molar-refractivity contribution is -0.135. The molecule has 4 rings (SSSR count). The number of nitrogens with zero attached hydrogens (tertiary/aromatic N) is 3. The molecule has 1 fully saturated rings. The van der Waals surface area contributed by atoms with Crippen LogP contribution in [0.5, 0.6) is 5.75 Å². The molecule has 1 aromatic heterocycles. The zero-order chi connectivity index (χ0) is 22.3. The molecular formula is C23H23ClN4O4. The summed E-state index contributed by atoms with van der Waals surface area (Å²) in [6.45, 7) is 2.39. The fourth-order valence-corrected chi connectivity index (χ4v) is 3.66. The molecule has 2 aromatic carbocycles. The number of hydrazone groups is 1. The lowest BCUT2D eigenvalue weighted by Gasteiger charge is -2.27. The average molecular weight is 455 g/mol. The zero-order valence-corrected chi connectivity index (χ0v) is 18.1. The second kappa shape index (κ2) is 10.3. The van der Waals surface area contributed by atoms with E-state index >= 15 is 0 Å². The number of ether oxygens (including phenoxy) is 2. The first-order valence-corrected chi connectivity index (χ1v) is 10.6. The van der Waals surface area contributed by atoms with Crippen LogP contribution < -0.4 is 10.2 Å². The predicted octanol–water partition coefficient (Wildman–Crippen LogP) is 2.68. The van der Waals surface area contributed by atoms with Crippen molar-refractivity contribution in [2.24, 2.45) is 5.10 Å². The number of aromatic nitrogens is 1. The number of benzene rings is 2.